The molecule has 1 N–H and O–H groups in total. The number of piperazine rings is 1. The normalized spacial score (nSPS) is 15.3. The Morgan fingerprint density at radius 3 is 2.27 bits per heavy atom. The van der Waals surface area contributed by atoms with E-state index >= 15 is 0 Å². The van der Waals surface area contributed by atoms with Crippen molar-refractivity contribution < 1.29 is 9.59 Å². The average molecular weight is 361 g/mol. The average Bonchev–Trinajstić information content (AvgIpc) is 2.60. The quantitative estimate of drug-likeness (QED) is 0.867. The lowest BCUT2D eigenvalue weighted by Crippen LogP contribution is -2.51. The van der Waals surface area contributed by atoms with Gasteiger partial charge < -0.3 is 15.1 Å². The summed E-state index contributed by atoms with van der Waals surface area (Å²) in [4.78, 5) is 28.4. The molecule has 0 bridgehead atoms. The molecule has 0 aliphatic carbocycles. The summed E-state index contributed by atoms with van der Waals surface area (Å²) in [5.41, 5.74) is -0.0222. The number of carbonyl (C=O) groups is 2. The summed E-state index contributed by atoms with van der Waals surface area (Å²) in [5, 5.41) is 11.1. The highest BCUT2D eigenvalue weighted by atomic mass is 16.2. The van der Waals surface area contributed by atoms with Gasteiger partial charge in [-0.1, -0.05) is 34.6 Å². The van der Waals surface area contributed by atoms with Crippen LogP contribution in [0.25, 0.3) is 0 Å². The van der Waals surface area contributed by atoms with Gasteiger partial charge in [-0.25, -0.2) is 0 Å². The van der Waals surface area contributed by atoms with E-state index in [-0.39, 0.29) is 17.2 Å². The maximum atomic E-state index is 12.3. The van der Waals surface area contributed by atoms with Gasteiger partial charge in [0.1, 0.15) is 0 Å². The topological polar surface area (TPSA) is 78.4 Å². The molecule has 2 heterocycles. The summed E-state index contributed by atoms with van der Waals surface area (Å²) in [7, 11) is 0. The molecule has 1 saturated heterocycles. The molecule has 7 heteroatoms. The highest BCUT2D eigenvalue weighted by Crippen LogP contribution is 2.20. The van der Waals surface area contributed by atoms with E-state index in [1.165, 1.54) is 0 Å². The highest BCUT2D eigenvalue weighted by Gasteiger charge is 2.30. The molecule has 0 radical (unpaired) electrons. The lowest BCUT2D eigenvalue weighted by atomic mass is 9.94. The van der Waals surface area contributed by atoms with Gasteiger partial charge in [-0.2, -0.15) is 0 Å². The minimum atomic E-state index is -0.355. The number of hydrogen-bond acceptors (Lipinski definition) is 5. The number of aromatic nitrogens is 2. The fourth-order valence-corrected chi connectivity index (χ4v) is 2.79. The summed E-state index contributed by atoms with van der Waals surface area (Å²) in [5.74, 6) is 1.28. The molecule has 0 spiro atoms. The van der Waals surface area contributed by atoms with E-state index in [2.05, 4.69) is 34.3 Å². The molecule has 144 valence electrons. The summed E-state index contributed by atoms with van der Waals surface area (Å²) in [6.07, 6.45) is 0.939. The van der Waals surface area contributed by atoms with Crippen LogP contribution in [0, 0.1) is 11.3 Å². The smallest absolute Gasteiger partial charge is 0.271 e. The Labute approximate surface area is 156 Å². The Balaban J connectivity index is 1.88. The molecule has 2 rings (SSSR count). The van der Waals surface area contributed by atoms with Crippen molar-refractivity contribution in [3.05, 3.63) is 17.8 Å². The van der Waals surface area contributed by atoms with E-state index in [0.717, 1.165) is 25.3 Å². The van der Waals surface area contributed by atoms with Crippen LogP contribution in [0.1, 0.15) is 51.5 Å². The van der Waals surface area contributed by atoms with Gasteiger partial charge in [0.2, 0.25) is 5.91 Å². The molecule has 1 aliphatic rings. The largest absolute Gasteiger partial charge is 0.352 e. The number of rotatable bonds is 5. The zero-order valence-corrected chi connectivity index (χ0v) is 16.6. The molecule has 26 heavy (non-hydrogen) atoms. The number of nitrogens with zero attached hydrogens (tertiary/aromatic N) is 4. The number of carbonyl (C=O) groups excluding carboxylic acids is 2. The lowest BCUT2D eigenvalue weighted by Gasteiger charge is -2.37. The van der Waals surface area contributed by atoms with E-state index in [9.17, 15) is 9.59 Å². The van der Waals surface area contributed by atoms with E-state index in [1.54, 1.807) is 6.07 Å². The summed E-state index contributed by atoms with van der Waals surface area (Å²) in [6, 6.07) is 3.53. The minimum Gasteiger partial charge on any atom is -0.352 e. The Morgan fingerprint density at radius 1 is 1.12 bits per heavy atom. The van der Waals surface area contributed by atoms with Gasteiger partial charge in [0, 0.05) is 38.1 Å². The van der Waals surface area contributed by atoms with E-state index < -0.39 is 0 Å². The van der Waals surface area contributed by atoms with Crippen molar-refractivity contribution in [1.82, 2.24) is 20.4 Å². The molecule has 0 aromatic carbocycles. The van der Waals surface area contributed by atoms with Crippen molar-refractivity contribution in [1.29, 1.82) is 0 Å². The molecule has 0 atom stereocenters. The third-order valence-corrected chi connectivity index (χ3v) is 4.42. The van der Waals surface area contributed by atoms with Crippen LogP contribution < -0.4 is 10.2 Å². The SMILES string of the molecule is CC(C)CCNC(=O)c1ccc(N2CCN(C(=O)C(C)(C)C)CC2)nn1. The molecule has 1 aromatic heterocycles. The highest BCUT2D eigenvalue weighted by molar-refractivity contribution is 5.92. The zero-order chi connectivity index (χ0) is 19.3. The van der Waals surface area contributed by atoms with E-state index in [4.69, 9.17) is 0 Å². The Bertz CT molecular complexity index is 614. The van der Waals surface area contributed by atoms with Crippen LogP contribution in [0.5, 0.6) is 0 Å². The lowest BCUT2D eigenvalue weighted by molar-refractivity contribution is -0.139. The van der Waals surface area contributed by atoms with Crippen LogP contribution >= 0.6 is 0 Å². The van der Waals surface area contributed by atoms with Gasteiger partial charge >= 0.3 is 0 Å². The second-order valence-corrected chi connectivity index (χ2v) is 8.24. The monoisotopic (exact) mass is 361 g/mol. The van der Waals surface area contributed by atoms with Gasteiger partial charge in [-0.3, -0.25) is 9.59 Å². The Kier molecular flexibility index (Phi) is 6.56. The number of amides is 2. The van der Waals surface area contributed by atoms with Gasteiger partial charge in [0.15, 0.2) is 11.5 Å². The molecule has 1 aliphatic heterocycles. The van der Waals surface area contributed by atoms with Crippen LogP contribution in [0.2, 0.25) is 0 Å². The van der Waals surface area contributed by atoms with Crippen molar-refractivity contribution in [3.8, 4) is 0 Å². The Morgan fingerprint density at radius 2 is 1.77 bits per heavy atom. The van der Waals surface area contributed by atoms with Gasteiger partial charge in [0.05, 0.1) is 0 Å². The molecule has 2 amide bonds. The van der Waals surface area contributed by atoms with Crippen molar-refractivity contribution >= 4 is 17.6 Å². The van der Waals surface area contributed by atoms with Crippen LogP contribution in [-0.4, -0.2) is 59.6 Å². The fraction of sp³-hybridized carbons (Fsp3) is 0.684. The first-order chi connectivity index (χ1) is 12.2. The molecule has 0 saturated carbocycles. The predicted molar refractivity (Wildman–Crippen MR) is 102 cm³/mol. The van der Waals surface area contributed by atoms with Crippen LogP contribution in [0.3, 0.4) is 0 Å². The van der Waals surface area contributed by atoms with Crippen LogP contribution in [-0.2, 0) is 4.79 Å². The van der Waals surface area contributed by atoms with Crippen LogP contribution in [0.4, 0.5) is 5.82 Å². The number of nitrogens with one attached hydrogen (secondary N) is 1. The van der Waals surface area contributed by atoms with Crippen LogP contribution in [0.15, 0.2) is 12.1 Å². The molecule has 1 fully saturated rings. The molecule has 0 unspecified atom stereocenters. The van der Waals surface area contributed by atoms with Crippen molar-refractivity contribution in [3.63, 3.8) is 0 Å². The number of hydrogen-bond donors (Lipinski definition) is 1. The Hall–Kier alpha value is -2.18. The third-order valence-electron chi connectivity index (χ3n) is 4.42. The summed E-state index contributed by atoms with van der Waals surface area (Å²) in [6.45, 7) is 13.5. The molecule has 1 aromatic rings. The van der Waals surface area contributed by atoms with Gasteiger partial charge in [-0.15, -0.1) is 10.2 Å². The summed E-state index contributed by atoms with van der Waals surface area (Å²) >= 11 is 0. The predicted octanol–water partition coefficient (Wildman–Crippen LogP) is 1.95. The van der Waals surface area contributed by atoms with Gasteiger partial charge in [-0.05, 0) is 24.5 Å². The second kappa shape index (κ2) is 8.47. The molecule has 7 nitrogen and oxygen atoms in total. The number of anilines is 1. The van der Waals surface area contributed by atoms with E-state index in [0.29, 0.717) is 31.2 Å². The first kappa shape index (κ1) is 20.1. The van der Waals surface area contributed by atoms with Crippen molar-refractivity contribution in [2.45, 2.75) is 41.0 Å². The first-order valence-electron chi connectivity index (χ1n) is 9.34. The van der Waals surface area contributed by atoms with E-state index in [1.807, 2.05) is 31.7 Å². The maximum absolute atomic E-state index is 12.3. The minimum absolute atomic E-state index is 0.177. The zero-order valence-electron chi connectivity index (χ0n) is 16.6. The molecular formula is C19H31N5O2. The first-order valence-corrected chi connectivity index (χ1v) is 9.34. The van der Waals surface area contributed by atoms with Crippen molar-refractivity contribution in [2.75, 3.05) is 37.6 Å². The van der Waals surface area contributed by atoms with Crippen molar-refractivity contribution in [2.24, 2.45) is 11.3 Å². The third kappa shape index (κ3) is 5.41. The maximum Gasteiger partial charge on any atom is 0.271 e. The standard InChI is InChI=1S/C19H31N5O2/c1-14(2)8-9-20-17(25)15-6-7-16(22-21-15)23-10-12-24(13-11-23)18(26)19(3,4)5/h6-7,14H,8-13H2,1-5H3,(H,20,25). The second-order valence-electron chi connectivity index (χ2n) is 8.24. The van der Waals surface area contributed by atoms with Gasteiger partial charge in [0.25, 0.3) is 5.91 Å². The fourth-order valence-electron chi connectivity index (χ4n) is 2.79. The molecular weight excluding hydrogens is 330 g/mol. The summed E-state index contributed by atoms with van der Waals surface area (Å²) < 4.78 is 0.